The molecule has 0 aliphatic carbocycles. The van der Waals surface area contributed by atoms with Gasteiger partial charge in [-0.2, -0.15) is 0 Å². The Kier molecular flexibility index (Phi) is 7.98. The number of hydrogen-bond donors (Lipinski definition) is 3. The molecule has 0 aliphatic heterocycles. The van der Waals surface area contributed by atoms with Gasteiger partial charge in [0, 0.05) is 18.8 Å². The van der Waals surface area contributed by atoms with Crippen LogP contribution < -0.4 is 16.4 Å². The summed E-state index contributed by atoms with van der Waals surface area (Å²) in [6.45, 7) is 10.9. The van der Waals surface area contributed by atoms with Crippen molar-refractivity contribution in [3.63, 3.8) is 0 Å². The van der Waals surface area contributed by atoms with E-state index in [-0.39, 0.29) is 0 Å². The van der Waals surface area contributed by atoms with Crippen molar-refractivity contribution in [3.8, 4) is 0 Å². The van der Waals surface area contributed by atoms with Crippen LogP contribution >= 0.6 is 0 Å². The van der Waals surface area contributed by atoms with E-state index in [0.29, 0.717) is 0 Å². The second kappa shape index (κ2) is 10.1. The van der Waals surface area contributed by atoms with E-state index in [1.807, 2.05) is 42.5 Å². The number of nitrogens with two attached hydrogens (primary N) is 1. The summed E-state index contributed by atoms with van der Waals surface area (Å²) in [5.41, 5.74) is 9.86. The number of para-hydroxylation sites is 3. The molecule has 2 rings (SSSR count). The molecule has 3 heteroatoms. The van der Waals surface area contributed by atoms with E-state index in [9.17, 15) is 0 Å². The summed E-state index contributed by atoms with van der Waals surface area (Å²) in [7, 11) is 0. The van der Waals surface area contributed by atoms with Gasteiger partial charge in [0.1, 0.15) is 0 Å². The smallest absolute Gasteiger partial charge is 0.0576 e. The topological polar surface area (TPSA) is 50.1 Å². The van der Waals surface area contributed by atoms with Crippen molar-refractivity contribution in [2.45, 2.75) is 6.92 Å². The van der Waals surface area contributed by atoms with Crippen molar-refractivity contribution < 1.29 is 0 Å². The van der Waals surface area contributed by atoms with Gasteiger partial charge in [-0.3, -0.25) is 0 Å². The van der Waals surface area contributed by atoms with Crippen LogP contribution in [-0.4, -0.2) is 13.1 Å². The maximum absolute atomic E-state index is 5.66. The Bertz CT molecular complexity index is 537. The van der Waals surface area contributed by atoms with E-state index in [2.05, 4.69) is 42.8 Å². The molecule has 0 saturated heterocycles. The Morgan fingerprint density at radius 1 is 0.864 bits per heavy atom. The zero-order valence-corrected chi connectivity index (χ0v) is 13.2. The average Bonchev–Trinajstić information content (AvgIpc) is 2.54. The number of anilines is 3. The number of rotatable bonds is 6. The molecular formula is C19H25N3. The Labute approximate surface area is 133 Å². The fourth-order valence-corrected chi connectivity index (χ4v) is 1.79. The molecule has 0 atom stereocenters. The van der Waals surface area contributed by atoms with E-state index >= 15 is 0 Å². The van der Waals surface area contributed by atoms with Gasteiger partial charge < -0.3 is 16.4 Å². The number of nitrogens with one attached hydrogen (secondary N) is 2. The van der Waals surface area contributed by atoms with E-state index in [1.54, 1.807) is 6.08 Å². The molecule has 0 radical (unpaired) electrons. The molecule has 0 spiro atoms. The van der Waals surface area contributed by atoms with Crippen LogP contribution in [0.3, 0.4) is 0 Å². The molecule has 0 saturated carbocycles. The van der Waals surface area contributed by atoms with Gasteiger partial charge in [0.2, 0.25) is 0 Å². The van der Waals surface area contributed by atoms with Crippen LogP contribution in [0.4, 0.5) is 17.1 Å². The first-order valence-corrected chi connectivity index (χ1v) is 7.28. The van der Waals surface area contributed by atoms with Crippen molar-refractivity contribution in [2.75, 3.05) is 29.5 Å². The monoisotopic (exact) mass is 295 g/mol. The Morgan fingerprint density at radius 3 is 1.91 bits per heavy atom. The van der Waals surface area contributed by atoms with Crippen molar-refractivity contribution in [2.24, 2.45) is 0 Å². The van der Waals surface area contributed by atoms with Gasteiger partial charge in [-0.05, 0) is 30.7 Å². The molecule has 0 fully saturated rings. The van der Waals surface area contributed by atoms with Crippen LogP contribution in [0.15, 0.2) is 73.8 Å². The third kappa shape index (κ3) is 6.18. The van der Waals surface area contributed by atoms with Crippen LogP contribution in [0.5, 0.6) is 0 Å². The van der Waals surface area contributed by atoms with Crippen LogP contribution in [0, 0.1) is 6.92 Å². The van der Waals surface area contributed by atoms with E-state index in [4.69, 9.17) is 5.73 Å². The number of nitrogen functional groups attached to an aromatic ring is 1. The SMILES string of the molecule is C=CCNc1ccccc1C.C=CCNc1ccccc1N. The van der Waals surface area contributed by atoms with E-state index in [1.165, 1.54) is 11.3 Å². The lowest BCUT2D eigenvalue weighted by Gasteiger charge is -2.05. The van der Waals surface area contributed by atoms with Gasteiger partial charge in [0.15, 0.2) is 0 Å². The number of hydrogen-bond acceptors (Lipinski definition) is 3. The summed E-state index contributed by atoms with van der Waals surface area (Å²) in [6.07, 6.45) is 3.65. The summed E-state index contributed by atoms with van der Waals surface area (Å²) in [5, 5.41) is 6.36. The molecule has 0 aliphatic rings. The summed E-state index contributed by atoms with van der Waals surface area (Å²) >= 11 is 0. The van der Waals surface area contributed by atoms with Crippen LogP contribution in [-0.2, 0) is 0 Å². The van der Waals surface area contributed by atoms with Gasteiger partial charge >= 0.3 is 0 Å². The number of benzene rings is 2. The van der Waals surface area contributed by atoms with Crippen molar-refractivity contribution >= 4 is 17.1 Å². The Balaban J connectivity index is 0.000000220. The first-order chi connectivity index (χ1) is 10.7. The minimum absolute atomic E-state index is 0.744. The molecule has 0 amide bonds. The second-order valence-electron chi connectivity index (χ2n) is 4.74. The first-order valence-electron chi connectivity index (χ1n) is 7.28. The lowest BCUT2D eigenvalue weighted by Crippen LogP contribution is -2.00. The molecule has 22 heavy (non-hydrogen) atoms. The van der Waals surface area contributed by atoms with Crippen LogP contribution in [0.2, 0.25) is 0 Å². The highest BCUT2D eigenvalue weighted by Crippen LogP contribution is 2.15. The standard InChI is InChI=1S/C10H13N.C9H12N2/c1-3-8-11-10-7-5-4-6-9(10)2;1-2-7-11-9-6-4-3-5-8(9)10/h3-7,11H,1,8H2,2H3;2-6,11H,1,7,10H2. The maximum Gasteiger partial charge on any atom is 0.0576 e. The molecular weight excluding hydrogens is 270 g/mol. The largest absolute Gasteiger partial charge is 0.397 e. The van der Waals surface area contributed by atoms with Crippen LogP contribution in [0.1, 0.15) is 5.56 Å². The molecule has 0 aromatic heterocycles. The summed E-state index contributed by atoms with van der Waals surface area (Å²) in [4.78, 5) is 0. The highest BCUT2D eigenvalue weighted by Gasteiger charge is 1.92. The van der Waals surface area contributed by atoms with E-state index in [0.717, 1.165) is 24.5 Å². The molecule has 2 aromatic carbocycles. The first kappa shape index (κ1) is 17.4. The highest BCUT2D eigenvalue weighted by molar-refractivity contribution is 5.65. The molecule has 3 nitrogen and oxygen atoms in total. The van der Waals surface area contributed by atoms with Gasteiger partial charge in [0.25, 0.3) is 0 Å². The maximum atomic E-state index is 5.66. The predicted molar refractivity (Wildman–Crippen MR) is 99.4 cm³/mol. The summed E-state index contributed by atoms with van der Waals surface area (Å²) < 4.78 is 0. The minimum atomic E-state index is 0.744. The van der Waals surface area contributed by atoms with Gasteiger partial charge in [0.05, 0.1) is 11.4 Å². The minimum Gasteiger partial charge on any atom is -0.397 e. The zero-order valence-electron chi connectivity index (χ0n) is 13.2. The number of aryl methyl sites for hydroxylation is 1. The molecule has 0 bridgehead atoms. The lowest BCUT2D eigenvalue weighted by molar-refractivity contribution is 1.31. The Hall–Kier alpha value is -2.68. The molecule has 0 unspecified atom stereocenters. The van der Waals surface area contributed by atoms with Crippen LogP contribution in [0.25, 0.3) is 0 Å². The second-order valence-corrected chi connectivity index (χ2v) is 4.74. The normalized spacial score (nSPS) is 9.14. The van der Waals surface area contributed by atoms with Gasteiger partial charge in [-0.15, -0.1) is 13.2 Å². The molecule has 2 aromatic rings. The van der Waals surface area contributed by atoms with Crippen molar-refractivity contribution in [3.05, 3.63) is 79.4 Å². The molecule has 4 N–H and O–H groups in total. The van der Waals surface area contributed by atoms with Gasteiger partial charge in [-0.1, -0.05) is 42.5 Å². The zero-order chi connectivity index (χ0) is 16.2. The average molecular weight is 295 g/mol. The van der Waals surface area contributed by atoms with Crippen molar-refractivity contribution in [1.29, 1.82) is 0 Å². The highest BCUT2D eigenvalue weighted by atomic mass is 14.9. The summed E-state index contributed by atoms with van der Waals surface area (Å²) in [5.74, 6) is 0. The Morgan fingerprint density at radius 2 is 1.36 bits per heavy atom. The van der Waals surface area contributed by atoms with Gasteiger partial charge in [-0.25, -0.2) is 0 Å². The lowest BCUT2D eigenvalue weighted by atomic mass is 10.2. The third-order valence-electron chi connectivity index (χ3n) is 2.98. The van der Waals surface area contributed by atoms with Crippen molar-refractivity contribution in [1.82, 2.24) is 0 Å². The summed E-state index contributed by atoms with van der Waals surface area (Å²) in [6, 6.07) is 15.9. The quantitative estimate of drug-likeness (QED) is 0.545. The third-order valence-corrected chi connectivity index (χ3v) is 2.98. The predicted octanol–water partition coefficient (Wildman–Crippen LogP) is 4.46. The van der Waals surface area contributed by atoms with E-state index < -0.39 is 0 Å². The fourth-order valence-electron chi connectivity index (χ4n) is 1.79. The fraction of sp³-hybridized carbons (Fsp3) is 0.158. The molecule has 0 heterocycles. The molecule has 116 valence electrons.